The number of rotatable bonds is 3. The molecule has 35 heavy (non-hydrogen) atoms. The van der Waals surface area contributed by atoms with Gasteiger partial charge < -0.3 is 9.47 Å². The molecule has 0 bridgehead atoms. The van der Waals surface area contributed by atoms with Crippen molar-refractivity contribution in [2.24, 2.45) is 0 Å². The van der Waals surface area contributed by atoms with E-state index >= 15 is 0 Å². The molecule has 0 N–H and O–H groups in total. The van der Waals surface area contributed by atoms with Crippen LogP contribution in [0, 0.1) is 18.3 Å². The van der Waals surface area contributed by atoms with Crippen LogP contribution in [0.25, 0.3) is 22.7 Å². The zero-order chi connectivity index (χ0) is 23.9. The van der Waals surface area contributed by atoms with Crippen molar-refractivity contribution in [1.82, 2.24) is 4.57 Å². The van der Waals surface area contributed by atoms with E-state index < -0.39 is 0 Å². The number of benzene rings is 3. The van der Waals surface area contributed by atoms with Crippen LogP contribution in [0.15, 0.2) is 97.1 Å². The van der Waals surface area contributed by atoms with Gasteiger partial charge in [-0.3, -0.25) is 0 Å². The Balaban J connectivity index is 1.59. The minimum absolute atomic E-state index is 0.189. The molecule has 1 aliphatic heterocycles. The van der Waals surface area contributed by atoms with E-state index in [0.29, 0.717) is 11.5 Å². The first kappa shape index (κ1) is 21.3. The van der Waals surface area contributed by atoms with E-state index in [0.717, 1.165) is 23.3 Å². The Labute approximate surface area is 206 Å². The zero-order valence-electron chi connectivity index (χ0n) is 20.0. The van der Waals surface area contributed by atoms with Crippen molar-refractivity contribution in [3.05, 3.63) is 119 Å². The number of anilines is 2. The van der Waals surface area contributed by atoms with Gasteiger partial charge in [0, 0.05) is 39.6 Å². The number of nitrogens with zero attached hydrogens (tertiary/aromatic N) is 3. The molecule has 2 atom stereocenters. The Morgan fingerprint density at radius 2 is 1.71 bits per heavy atom. The predicted molar refractivity (Wildman–Crippen MR) is 145 cm³/mol. The largest absolute Gasteiger partial charge is 0.333 e. The molecule has 2 aliphatic rings. The second kappa shape index (κ2) is 8.49. The molecular weight excluding hydrogens is 426 g/mol. The smallest absolute Gasteiger partial charge is 0.0993 e. The summed E-state index contributed by atoms with van der Waals surface area (Å²) in [4.78, 5) is 2.41. The van der Waals surface area contributed by atoms with Gasteiger partial charge in [0.05, 0.1) is 23.2 Å². The third kappa shape index (κ3) is 3.33. The lowest BCUT2D eigenvalue weighted by Crippen LogP contribution is -2.27. The highest BCUT2D eigenvalue weighted by Crippen LogP contribution is 2.47. The second-order valence-corrected chi connectivity index (χ2v) is 9.24. The summed E-state index contributed by atoms with van der Waals surface area (Å²) in [6, 6.07) is 26.0. The van der Waals surface area contributed by atoms with Gasteiger partial charge in [-0.15, -0.1) is 0 Å². The van der Waals surface area contributed by atoms with Crippen molar-refractivity contribution in [3.63, 3.8) is 0 Å². The number of hydrogen-bond acceptors (Lipinski definition) is 2. The van der Waals surface area contributed by atoms with Gasteiger partial charge in [-0.25, -0.2) is 0 Å². The van der Waals surface area contributed by atoms with Crippen LogP contribution in [0.2, 0.25) is 0 Å². The lowest BCUT2D eigenvalue weighted by Gasteiger charge is -2.28. The topological polar surface area (TPSA) is 32.0 Å². The van der Waals surface area contributed by atoms with Gasteiger partial charge in [-0.2, -0.15) is 5.26 Å². The average molecular weight is 454 g/mol. The van der Waals surface area contributed by atoms with Gasteiger partial charge >= 0.3 is 0 Å². The third-order valence-electron chi connectivity index (χ3n) is 7.23. The molecule has 6 rings (SSSR count). The van der Waals surface area contributed by atoms with E-state index in [-0.39, 0.29) is 6.04 Å². The highest BCUT2D eigenvalue weighted by Gasteiger charge is 2.37. The third-order valence-corrected chi connectivity index (χ3v) is 7.23. The molecule has 1 aliphatic carbocycles. The highest BCUT2D eigenvalue weighted by molar-refractivity contribution is 5.93. The van der Waals surface area contributed by atoms with E-state index in [1.807, 2.05) is 12.1 Å². The molecule has 3 aromatic carbocycles. The van der Waals surface area contributed by atoms with Crippen LogP contribution in [0.5, 0.6) is 0 Å². The standard InChI is InChI=1S/C32H27N3/c1-3-11-26-22(2)34(30-16-9-7-13-27(26)30)24-18-23(21-33)19-25(20-24)35-31-15-6-4-5-12-28(31)29-14-8-10-17-32(29)35/h3,5-20,28,31H,4H2,1-2H3/b11-3-. The number of hydrogen-bond donors (Lipinski definition) is 0. The van der Waals surface area contributed by atoms with Crippen LogP contribution in [0.4, 0.5) is 11.4 Å². The summed E-state index contributed by atoms with van der Waals surface area (Å²) in [6.07, 6.45) is 14.4. The maximum absolute atomic E-state index is 10.0. The fourth-order valence-corrected chi connectivity index (χ4v) is 5.78. The van der Waals surface area contributed by atoms with Crippen molar-refractivity contribution in [1.29, 1.82) is 5.26 Å². The maximum Gasteiger partial charge on any atom is 0.0993 e. The Morgan fingerprint density at radius 1 is 0.943 bits per heavy atom. The SMILES string of the molecule is C/C=C\c1c(C)n(-c2cc(C#N)cc(N3c4ccccc4C4C=CCC=CC43)c2)c2ccccc12. The van der Waals surface area contributed by atoms with Crippen molar-refractivity contribution >= 4 is 28.4 Å². The van der Waals surface area contributed by atoms with Crippen LogP contribution in [0.1, 0.15) is 41.6 Å². The van der Waals surface area contributed by atoms with E-state index in [4.69, 9.17) is 0 Å². The fraction of sp³-hybridized carbons (Fsp3) is 0.156. The van der Waals surface area contributed by atoms with Gasteiger partial charge in [0.25, 0.3) is 0 Å². The number of aromatic nitrogens is 1. The molecule has 0 saturated heterocycles. The quantitative estimate of drug-likeness (QED) is 0.295. The molecule has 3 nitrogen and oxygen atoms in total. The number of fused-ring (bicyclic) bond motifs is 4. The van der Waals surface area contributed by atoms with Crippen LogP contribution in [-0.4, -0.2) is 10.6 Å². The Morgan fingerprint density at radius 3 is 2.57 bits per heavy atom. The molecule has 0 saturated carbocycles. The summed E-state index contributed by atoms with van der Waals surface area (Å²) in [5, 5.41) is 11.2. The summed E-state index contributed by atoms with van der Waals surface area (Å²) in [5.74, 6) is 0.301. The first-order chi connectivity index (χ1) is 17.2. The molecule has 2 heterocycles. The number of allylic oxidation sites excluding steroid dienone is 3. The summed E-state index contributed by atoms with van der Waals surface area (Å²) in [5.41, 5.74) is 8.80. The summed E-state index contributed by atoms with van der Waals surface area (Å²) >= 11 is 0. The summed E-state index contributed by atoms with van der Waals surface area (Å²) in [6.45, 7) is 4.21. The zero-order valence-corrected chi connectivity index (χ0v) is 20.0. The number of para-hydroxylation sites is 2. The van der Waals surface area contributed by atoms with Crippen molar-refractivity contribution in [2.45, 2.75) is 32.2 Å². The number of nitriles is 1. The van der Waals surface area contributed by atoms with Gasteiger partial charge in [0.15, 0.2) is 0 Å². The molecule has 3 heteroatoms. The van der Waals surface area contributed by atoms with Crippen molar-refractivity contribution < 1.29 is 0 Å². The van der Waals surface area contributed by atoms with E-state index in [1.165, 1.54) is 27.9 Å². The molecular formula is C32H27N3. The van der Waals surface area contributed by atoms with Crippen LogP contribution >= 0.6 is 0 Å². The van der Waals surface area contributed by atoms with Crippen LogP contribution in [0.3, 0.4) is 0 Å². The molecule has 170 valence electrons. The van der Waals surface area contributed by atoms with Crippen molar-refractivity contribution in [2.75, 3.05) is 4.90 Å². The van der Waals surface area contributed by atoms with E-state index in [2.05, 4.69) is 120 Å². The monoisotopic (exact) mass is 453 g/mol. The molecule has 1 aromatic heterocycles. The first-order valence-corrected chi connectivity index (χ1v) is 12.2. The molecule has 0 spiro atoms. The Bertz CT molecular complexity index is 1570. The molecule has 0 fully saturated rings. The van der Waals surface area contributed by atoms with Gasteiger partial charge in [0.2, 0.25) is 0 Å². The molecule has 0 radical (unpaired) electrons. The summed E-state index contributed by atoms with van der Waals surface area (Å²) in [7, 11) is 0. The predicted octanol–water partition coefficient (Wildman–Crippen LogP) is 7.96. The molecule has 2 unspecified atom stereocenters. The van der Waals surface area contributed by atoms with Gasteiger partial charge in [-0.05, 0) is 56.2 Å². The lowest BCUT2D eigenvalue weighted by atomic mass is 9.95. The summed E-state index contributed by atoms with van der Waals surface area (Å²) < 4.78 is 2.29. The Kier molecular flexibility index (Phi) is 5.16. The lowest BCUT2D eigenvalue weighted by molar-refractivity contribution is 0.755. The molecule has 0 amide bonds. The first-order valence-electron chi connectivity index (χ1n) is 12.2. The second-order valence-electron chi connectivity index (χ2n) is 9.24. The molecule has 4 aromatic rings. The Hall–Kier alpha value is -4.29. The minimum atomic E-state index is 0.189. The van der Waals surface area contributed by atoms with E-state index in [9.17, 15) is 5.26 Å². The van der Waals surface area contributed by atoms with E-state index in [1.54, 1.807) is 0 Å². The van der Waals surface area contributed by atoms with Gasteiger partial charge in [-0.1, -0.05) is 72.9 Å². The van der Waals surface area contributed by atoms with Crippen LogP contribution in [-0.2, 0) is 0 Å². The van der Waals surface area contributed by atoms with Gasteiger partial charge in [0.1, 0.15) is 0 Å². The average Bonchev–Trinajstić information content (AvgIpc) is 3.22. The normalized spacial score (nSPS) is 18.6. The minimum Gasteiger partial charge on any atom is -0.333 e. The fourth-order valence-electron chi connectivity index (χ4n) is 5.78. The van der Waals surface area contributed by atoms with Crippen LogP contribution < -0.4 is 4.90 Å². The van der Waals surface area contributed by atoms with Crippen molar-refractivity contribution in [3.8, 4) is 11.8 Å². The highest BCUT2D eigenvalue weighted by atomic mass is 15.2. The maximum atomic E-state index is 10.0.